The number of hydrogen-bond acceptors (Lipinski definition) is 5. The van der Waals surface area contributed by atoms with Gasteiger partial charge in [-0.25, -0.2) is 4.98 Å². The quantitative estimate of drug-likeness (QED) is 0.574. The van der Waals surface area contributed by atoms with E-state index in [9.17, 15) is 4.79 Å². The van der Waals surface area contributed by atoms with Gasteiger partial charge in [-0.2, -0.15) is 0 Å². The van der Waals surface area contributed by atoms with Crippen molar-refractivity contribution in [2.24, 2.45) is 0 Å². The van der Waals surface area contributed by atoms with E-state index < -0.39 is 0 Å². The molecular formula is C17H14BrClN2O3S. The van der Waals surface area contributed by atoms with E-state index in [0.717, 1.165) is 23.1 Å². The number of ether oxygens (including phenoxy) is 1. The minimum atomic E-state index is -0.0871. The number of thiazole rings is 1. The third-order valence-corrected chi connectivity index (χ3v) is 5.77. The first-order valence-corrected chi connectivity index (χ1v) is 9.85. The van der Waals surface area contributed by atoms with Gasteiger partial charge in [0.15, 0.2) is 10.4 Å². The summed E-state index contributed by atoms with van der Waals surface area (Å²) in [6, 6.07) is 9.11. The molecule has 0 spiro atoms. The van der Waals surface area contributed by atoms with E-state index in [2.05, 4.69) is 20.9 Å². The molecule has 1 aromatic carbocycles. The van der Waals surface area contributed by atoms with Crippen LogP contribution in [0.2, 0.25) is 5.02 Å². The summed E-state index contributed by atoms with van der Waals surface area (Å²) in [6.45, 7) is 1.26. The normalized spacial score (nSPS) is 15.7. The zero-order chi connectivity index (χ0) is 17.4. The van der Waals surface area contributed by atoms with Gasteiger partial charge >= 0.3 is 0 Å². The van der Waals surface area contributed by atoms with Crippen molar-refractivity contribution in [1.82, 2.24) is 9.88 Å². The molecule has 1 aliphatic rings. The molecule has 0 N–H and O–H groups in total. The average molecular weight is 442 g/mol. The maximum atomic E-state index is 12.4. The van der Waals surface area contributed by atoms with E-state index >= 15 is 0 Å². The van der Waals surface area contributed by atoms with E-state index in [4.69, 9.17) is 20.8 Å². The highest BCUT2D eigenvalue weighted by molar-refractivity contribution is 9.10. The molecule has 1 amide bonds. The molecular weight excluding hydrogens is 428 g/mol. The maximum Gasteiger partial charge on any atom is 0.289 e. The number of piperidine rings is 1. The lowest BCUT2D eigenvalue weighted by atomic mass is 10.1. The van der Waals surface area contributed by atoms with E-state index in [1.165, 1.54) is 11.3 Å². The second-order valence-corrected chi connectivity index (χ2v) is 7.96. The number of hydrogen-bond donors (Lipinski definition) is 0. The third-order valence-electron chi connectivity index (χ3n) is 4.13. The van der Waals surface area contributed by atoms with Gasteiger partial charge in [0, 0.05) is 25.9 Å². The van der Waals surface area contributed by atoms with Crippen LogP contribution in [0.4, 0.5) is 0 Å². The van der Waals surface area contributed by atoms with Crippen LogP contribution < -0.4 is 4.74 Å². The molecule has 0 atom stereocenters. The lowest BCUT2D eigenvalue weighted by molar-refractivity contribution is 0.0565. The zero-order valence-electron chi connectivity index (χ0n) is 13.1. The van der Waals surface area contributed by atoms with Crippen molar-refractivity contribution in [3.05, 3.63) is 45.8 Å². The number of rotatable bonds is 3. The SMILES string of the molecule is O=C(c1ccc(Br)o1)N1CCC(Oc2nc3c(Cl)cccc3s2)CC1. The van der Waals surface area contributed by atoms with Gasteiger partial charge < -0.3 is 14.1 Å². The Morgan fingerprint density at radius 2 is 2.12 bits per heavy atom. The Labute approximate surface area is 161 Å². The summed E-state index contributed by atoms with van der Waals surface area (Å²) < 4.78 is 12.9. The number of fused-ring (bicyclic) bond motifs is 1. The number of benzene rings is 1. The van der Waals surface area contributed by atoms with Gasteiger partial charge in [0.1, 0.15) is 11.6 Å². The number of furan rings is 1. The van der Waals surface area contributed by atoms with Crippen molar-refractivity contribution >= 4 is 55.0 Å². The lowest BCUT2D eigenvalue weighted by Gasteiger charge is -2.31. The van der Waals surface area contributed by atoms with Crippen molar-refractivity contribution in [1.29, 1.82) is 0 Å². The molecule has 0 radical (unpaired) electrons. The molecule has 1 fully saturated rings. The van der Waals surface area contributed by atoms with Crippen LogP contribution in [0.1, 0.15) is 23.4 Å². The molecule has 0 saturated carbocycles. The molecule has 25 heavy (non-hydrogen) atoms. The molecule has 1 saturated heterocycles. The van der Waals surface area contributed by atoms with Crippen LogP contribution in [0, 0.1) is 0 Å². The van der Waals surface area contributed by atoms with Crippen LogP contribution in [0.5, 0.6) is 5.19 Å². The predicted molar refractivity (Wildman–Crippen MR) is 101 cm³/mol. The Kier molecular flexibility index (Phi) is 4.71. The van der Waals surface area contributed by atoms with Gasteiger partial charge in [-0.3, -0.25) is 4.79 Å². The van der Waals surface area contributed by atoms with Crippen molar-refractivity contribution in [2.45, 2.75) is 18.9 Å². The number of likely N-dealkylation sites (tertiary alicyclic amines) is 1. The van der Waals surface area contributed by atoms with Crippen LogP contribution in [0.25, 0.3) is 10.2 Å². The number of amides is 1. The number of carbonyl (C=O) groups excluding carboxylic acids is 1. The minimum absolute atomic E-state index is 0.0479. The Hall–Kier alpha value is -1.57. The molecule has 5 nitrogen and oxygen atoms in total. The topological polar surface area (TPSA) is 55.6 Å². The highest BCUT2D eigenvalue weighted by atomic mass is 79.9. The largest absolute Gasteiger partial charge is 0.467 e. The first-order valence-electron chi connectivity index (χ1n) is 7.86. The smallest absolute Gasteiger partial charge is 0.289 e. The molecule has 0 unspecified atom stereocenters. The standard InChI is InChI=1S/C17H14BrClN2O3S/c18-14-5-4-12(24-14)16(22)21-8-6-10(7-9-21)23-17-20-15-11(19)2-1-3-13(15)25-17/h1-5,10H,6-9H2. The monoisotopic (exact) mass is 440 g/mol. The van der Waals surface area contributed by atoms with Crippen LogP contribution in [0.3, 0.4) is 0 Å². The number of carbonyl (C=O) groups is 1. The number of aromatic nitrogens is 1. The zero-order valence-corrected chi connectivity index (χ0v) is 16.2. The fourth-order valence-corrected chi connectivity index (χ4v) is 4.34. The summed E-state index contributed by atoms with van der Waals surface area (Å²) in [4.78, 5) is 18.6. The molecule has 1 aliphatic heterocycles. The molecule has 2 aromatic heterocycles. The summed E-state index contributed by atoms with van der Waals surface area (Å²) in [5.41, 5.74) is 0.778. The molecule has 0 aliphatic carbocycles. The van der Waals surface area contributed by atoms with Crippen LogP contribution >= 0.6 is 38.9 Å². The summed E-state index contributed by atoms with van der Waals surface area (Å²) in [5, 5.41) is 1.26. The van der Waals surface area contributed by atoms with Gasteiger partial charge in [-0.15, -0.1) is 0 Å². The van der Waals surface area contributed by atoms with Crippen molar-refractivity contribution in [3.8, 4) is 5.19 Å². The van der Waals surface area contributed by atoms with Crippen molar-refractivity contribution < 1.29 is 13.9 Å². The maximum absolute atomic E-state index is 12.4. The second-order valence-electron chi connectivity index (χ2n) is 5.78. The average Bonchev–Trinajstić information content (AvgIpc) is 3.22. The highest BCUT2D eigenvalue weighted by Crippen LogP contribution is 2.33. The Bertz CT molecular complexity index is 918. The van der Waals surface area contributed by atoms with Gasteiger partial charge in [-0.1, -0.05) is 29.0 Å². The van der Waals surface area contributed by atoms with Crippen molar-refractivity contribution in [2.75, 3.05) is 13.1 Å². The van der Waals surface area contributed by atoms with Crippen LogP contribution in [-0.2, 0) is 0 Å². The Morgan fingerprint density at radius 3 is 2.80 bits per heavy atom. The van der Waals surface area contributed by atoms with Crippen LogP contribution in [0.15, 0.2) is 39.4 Å². The Morgan fingerprint density at radius 1 is 1.32 bits per heavy atom. The van der Waals surface area contributed by atoms with Gasteiger partial charge in [0.2, 0.25) is 0 Å². The number of halogens is 2. The van der Waals surface area contributed by atoms with Gasteiger partial charge in [0.25, 0.3) is 11.1 Å². The lowest BCUT2D eigenvalue weighted by Crippen LogP contribution is -2.41. The molecule has 3 heterocycles. The Balaban J connectivity index is 1.38. The third kappa shape index (κ3) is 3.54. The van der Waals surface area contributed by atoms with E-state index in [-0.39, 0.29) is 12.0 Å². The summed E-state index contributed by atoms with van der Waals surface area (Å²) >= 11 is 10.9. The fourth-order valence-electron chi connectivity index (χ4n) is 2.85. The molecule has 3 aromatic rings. The van der Waals surface area contributed by atoms with E-state index in [1.807, 2.05) is 18.2 Å². The van der Waals surface area contributed by atoms with Gasteiger partial charge in [-0.05, 0) is 40.2 Å². The van der Waals surface area contributed by atoms with Crippen LogP contribution in [-0.4, -0.2) is 35.0 Å². The number of nitrogens with zero attached hydrogens (tertiary/aromatic N) is 2. The molecule has 130 valence electrons. The summed E-state index contributed by atoms with van der Waals surface area (Å²) in [6.07, 6.45) is 1.57. The highest BCUT2D eigenvalue weighted by Gasteiger charge is 2.27. The number of para-hydroxylation sites is 1. The van der Waals surface area contributed by atoms with Gasteiger partial charge in [0.05, 0.1) is 9.72 Å². The van der Waals surface area contributed by atoms with Crippen molar-refractivity contribution in [3.63, 3.8) is 0 Å². The molecule has 4 rings (SSSR count). The van der Waals surface area contributed by atoms with E-state index in [0.29, 0.717) is 33.7 Å². The minimum Gasteiger partial charge on any atom is -0.467 e. The molecule has 8 heteroatoms. The summed E-state index contributed by atoms with van der Waals surface area (Å²) in [5.74, 6) is 0.267. The summed E-state index contributed by atoms with van der Waals surface area (Å²) in [7, 11) is 0. The fraction of sp³-hybridized carbons (Fsp3) is 0.294. The second kappa shape index (κ2) is 6.97. The van der Waals surface area contributed by atoms with E-state index in [1.54, 1.807) is 17.0 Å². The molecule has 0 bridgehead atoms. The first-order chi connectivity index (χ1) is 12.1. The first kappa shape index (κ1) is 16.9. The predicted octanol–water partition coefficient (Wildman–Crippen LogP) is 4.99.